The lowest BCUT2D eigenvalue weighted by molar-refractivity contribution is -0.122. The van der Waals surface area contributed by atoms with Gasteiger partial charge in [-0.2, -0.15) is 5.26 Å². The minimum atomic E-state index is -0.294. The van der Waals surface area contributed by atoms with E-state index in [2.05, 4.69) is 0 Å². The second-order valence-corrected chi connectivity index (χ2v) is 2.20. The van der Waals surface area contributed by atoms with Crippen LogP contribution in [-0.2, 0) is 4.79 Å². The van der Waals surface area contributed by atoms with Crippen molar-refractivity contribution in [3.05, 3.63) is 0 Å². The van der Waals surface area contributed by atoms with Crippen LogP contribution in [0.4, 0.5) is 0 Å². The highest BCUT2D eigenvalue weighted by atomic mass is 16.1. The average molecular weight is 140 g/mol. The number of amides is 1. The zero-order valence-electron chi connectivity index (χ0n) is 6.13. The van der Waals surface area contributed by atoms with E-state index in [1.165, 1.54) is 0 Å². The van der Waals surface area contributed by atoms with Crippen molar-refractivity contribution in [3.8, 4) is 6.07 Å². The van der Waals surface area contributed by atoms with Crippen LogP contribution >= 0.6 is 0 Å². The number of rotatable bonds is 4. The van der Waals surface area contributed by atoms with Crippen molar-refractivity contribution in [1.82, 2.24) is 0 Å². The lowest BCUT2D eigenvalue weighted by atomic mass is 10.0. The van der Waals surface area contributed by atoms with E-state index in [0.717, 1.165) is 6.42 Å². The summed E-state index contributed by atoms with van der Waals surface area (Å²) in [6, 6.07) is 1.98. The standard InChI is InChI=1S/C7H12N2O/c1-2-6(7(9)10)4-3-5-8/h6H,2-4H2,1H3,(H2,9,10). The minimum absolute atomic E-state index is 0.111. The van der Waals surface area contributed by atoms with Gasteiger partial charge in [-0.3, -0.25) is 4.79 Å². The number of hydrogen-bond donors (Lipinski definition) is 1. The molecule has 1 amide bonds. The van der Waals surface area contributed by atoms with E-state index >= 15 is 0 Å². The van der Waals surface area contributed by atoms with Crippen LogP contribution in [0.25, 0.3) is 0 Å². The van der Waals surface area contributed by atoms with Crippen molar-refractivity contribution >= 4 is 5.91 Å². The maximum Gasteiger partial charge on any atom is 0.220 e. The first-order chi connectivity index (χ1) is 4.72. The molecule has 0 saturated carbocycles. The van der Waals surface area contributed by atoms with Crippen molar-refractivity contribution in [3.63, 3.8) is 0 Å². The van der Waals surface area contributed by atoms with E-state index in [0.29, 0.717) is 12.8 Å². The summed E-state index contributed by atoms with van der Waals surface area (Å²) in [4.78, 5) is 10.5. The molecule has 0 aliphatic rings. The zero-order chi connectivity index (χ0) is 7.98. The Labute approximate surface area is 60.8 Å². The van der Waals surface area contributed by atoms with Crippen LogP contribution < -0.4 is 5.73 Å². The third-order valence-electron chi connectivity index (χ3n) is 1.50. The van der Waals surface area contributed by atoms with Crippen molar-refractivity contribution in [2.24, 2.45) is 11.7 Å². The SMILES string of the molecule is CCC(CCC#N)C(N)=O. The highest BCUT2D eigenvalue weighted by Crippen LogP contribution is 2.08. The Balaban J connectivity index is 3.63. The molecular formula is C7H12N2O. The number of carbonyl (C=O) groups is 1. The smallest absolute Gasteiger partial charge is 0.220 e. The van der Waals surface area contributed by atoms with Crippen LogP contribution in [0.1, 0.15) is 26.2 Å². The summed E-state index contributed by atoms with van der Waals surface area (Å²) < 4.78 is 0. The number of nitriles is 1. The van der Waals surface area contributed by atoms with Crippen molar-refractivity contribution in [2.45, 2.75) is 26.2 Å². The Morgan fingerprint density at radius 2 is 2.40 bits per heavy atom. The first-order valence-electron chi connectivity index (χ1n) is 3.38. The summed E-state index contributed by atoms with van der Waals surface area (Å²) in [7, 11) is 0. The van der Waals surface area contributed by atoms with E-state index < -0.39 is 0 Å². The Morgan fingerprint density at radius 1 is 1.80 bits per heavy atom. The summed E-state index contributed by atoms with van der Waals surface area (Å²) in [5.41, 5.74) is 5.04. The number of carbonyl (C=O) groups excluding carboxylic acids is 1. The molecule has 0 saturated heterocycles. The third kappa shape index (κ3) is 3.08. The van der Waals surface area contributed by atoms with Gasteiger partial charge in [0, 0.05) is 12.3 Å². The summed E-state index contributed by atoms with van der Waals surface area (Å²) in [5, 5.41) is 8.19. The molecule has 10 heavy (non-hydrogen) atoms. The predicted molar refractivity (Wildman–Crippen MR) is 37.8 cm³/mol. The molecule has 0 aliphatic carbocycles. The fourth-order valence-corrected chi connectivity index (χ4v) is 0.786. The fraction of sp³-hybridized carbons (Fsp3) is 0.714. The molecule has 1 atom stereocenters. The molecule has 0 heterocycles. The van der Waals surface area contributed by atoms with Crippen LogP contribution in [0, 0.1) is 17.2 Å². The second kappa shape index (κ2) is 4.80. The number of hydrogen-bond acceptors (Lipinski definition) is 2. The van der Waals surface area contributed by atoms with Crippen molar-refractivity contribution in [1.29, 1.82) is 5.26 Å². The lowest BCUT2D eigenvalue weighted by Gasteiger charge is -2.05. The van der Waals surface area contributed by atoms with E-state index in [1.807, 2.05) is 13.0 Å². The van der Waals surface area contributed by atoms with E-state index in [4.69, 9.17) is 11.0 Å². The fourth-order valence-electron chi connectivity index (χ4n) is 0.786. The van der Waals surface area contributed by atoms with E-state index in [-0.39, 0.29) is 11.8 Å². The van der Waals surface area contributed by atoms with Gasteiger partial charge in [-0.15, -0.1) is 0 Å². The van der Waals surface area contributed by atoms with Gasteiger partial charge in [0.15, 0.2) is 0 Å². The topological polar surface area (TPSA) is 66.9 Å². The molecule has 0 aromatic rings. The van der Waals surface area contributed by atoms with Gasteiger partial charge in [-0.1, -0.05) is 6.92 Å². The second-order valence-electron chi connectivity index (χ2n) is 2.20. The lowest BCUT2D eigenvalue weighted by Crippen LogP contribution is -2.22. The first-order valence-corrected chi connectivity index (χ1v) is 3.38. The zero-order valence-corrected chi connectivity index (χ0v) is 6.13. The molecule has 0 fully saturated rings. The van der Waals surface area contributed by atoms with Gasteiger partial charge in [-0.25, -0.2) is 0 Å². The summed E-state index contributed by atoms with van der Waals surface area (Å²) in [5.74, 6) is -0.405. The van der Waals surface area contributed by atoms with Gasteiger partial charge in [0.2, 0.25) is 5.91 Å². The Morgan fingerprint density at radius 3 is 2.70 bits per heavy atom. The van der Waals surface area contributed by atoms with E-state index in [9.17, 15) is 4.79 Å². The number of nitrogens with two attached hydrogens (primary N) is 1. The summed E-state index contributed by atoms with van der Waals surface area (Å²) in [6.07, 6.45) is 1.75. The maximum absolute atomic E-state index is 10.5. The normalized spacial score (nSPS) is 12.0. The highest BCUT2D eigenvalue weighted by Gasteiger charge is 2.10. The molecule has 0 rings (SSSR count). The largest absolute Gasteiger partial charge is 0.369 e. The monoisotopic (exact) mass is 140 g/mol. The molecule has 0 radical (unpaired) electrons. The quantitative estimate of drug-likeness (QED) is 0.627. The summed E-state index contributed by atoms with van der Waals surface area (Å²) >= 11 is 0. The van der Waals surface area contributed by atoms with Crippen LogP contribution in [-0.4, -0.2) is 5.91 Å². The van der Waals surface area contributed by atoms with E-state index in [1.54, 1.807) is 0 Å². The first kappa shape index (κ1) is 8.96. The van der Waals surface area contributed by atoms with Gasteiger partial charge in [-0.05, 0) is 12.8 Å². The van der Waals surface area contributed by atoms with Gasteiger partial charge in [0.25, 0.3) is 0 Å². The van der Waals surface area contributed by atoms with Crippen LogP contribution in [0.15, 0.2) is 0 Å². The molecule has 0 aliphatic heterocycles. The Bertz CT molecular complexity index is 148. The number of nitrogens with zero attached hydrogens (tertiary/aromatic N) is 1. The molecule has 3 heteroatoms. The predicted octanol–water partition coefficient (Wildman–Crippen LogP) is 0.802. The molecule has 0 aromatic heterocycles. The highest BCUT2D eigenvalue weighted by molar-refractivity contribution is 5.76. The maximum atomic E-state index is 10.5. The molecule has 2 N–H and O–H groups in total. The molecule has 1 unspecified atom stereocenters. The van der Waals surface area contributed by atoms with Crippen LogP contribution in [0.5, 0.6) is 0 Å². The third-order valence-corrected chi connectivity index (χ3v) is 1.50. The average Bonchev–Trinajstić information content (AvgIpc) is 1.89. The van der Waals surface area contributed by atoms with Gasteiger partial charge in [0.1, 0.15) is 0 Å². The van der Waals surface area contributed by atoms with Gasteiger partial charge < -0.3 is 5.73 Å². The van der Waals surface area contributed by atoms with Crippen LogP contribution in [0.3, 0.4) is 0 Å². The van der Waals surface area contributed by atoms with Crippen molar-refractivity contribution in [2.75, 3.05) is 0 Å². The van der Waals surface area contributed by atoms with Gasteiger partial charge in [0.05, 0.1) is 6.07 Å². The Kier molecular flexibility index (Phi) is 4.30. The van der Waals surface area contributed by atoms with Gasteiger partial charge >= 0.3 is 0 Å². The molecule has 0 aromatic carbocycles. The van der Waals surface area contributed by atoms with Crippen molar-refractivity contribution < 1.29 is 4.79 Å². The molecular weight excluding hydrogens is 128 g/mol. The minimum Gasteiger partial charge on any atom is -0.369 e. The number of primary amides is 1. The van der Waals surface area contributed by atoms with Crippen LogP contribution in [0.2, 0.25) is 0 Å². The molecule has 0 spiro atoms. The Hall–Kier alpha value is -1.04. The molecule has 3 nitrogen and oxygen atoms in total. The summed E-state index contributed by atoms with van der Waals surface area (Å²) in [6.45, 7) is 1.90. The molecule has 56 valence electrons. The molecule has 0 bridgehead atoms.